The molecule has 0 aromatic heterocycles. The summed E-state index contributed by atoms with van der Waals surface area (Å²) in [6.45, 7) is 2.36. The molecule has 0 spiro atoms. The van der Waals surface area contributed by atoms with Gasteiger partial charge in [-0.25, -0.2) is 0 Å². The van der Waals surface area contributed by atoms with Gasteiger partial charge in [0.1, 0.15) is 0 Å². The molecule has 1 unspecified atom stereocenters. The van der Waals surface area contributed by atoms with Crippen LogP contribution < -0.4 is 11.1 Å². The van der Waals surface area contributed by atoms with E-state index in [1.807, 2.05) is 0 Å². The summed E-state index contributed by atoms with van der Waals surface area (Å²) in [5.74, 6) is 0.751. The van der Waals surface area contributed by atoms with Crippen molar-refractivity contribution in [2.45, 2.75) is 50.5 Å². The molecule has 76 valence electrons. The van der Waals surface area contributed by atoms with Crippen LogP contribution in [0.2, 0.25) is 0 Å². The van der Waals surface area contributed by atoms with Crippen LogP contribution in [0.1, 0.15) is 44.9 Å². The minimum Gasteiger partial charge on any atom is -0.325 e. The van der Waals surface area contributed by atoms with Crippen molar-refractivity contribution in [1.82, 2.24) is 5.32 Å². The maximum Gasteiger partial charge on any atom is 0.0195 e. The number of rotatable bonds is 1. The lowest BCUT2D eigenvalue weighted by Gasteiger charge is -2.42. The molecule has 0 radical (unpaired) electrons. The molecule has 1 saturated carbocycles. The minimum atomic E-state index is 0.186. The molecular weight excluding hydrogens is 160 g/mol. The van der Waals surface area contributed by atoms with Crippen LogP contribution in [0, 0.1) is 5.92 Å². The summed E-state index contributed by atoms with van der Waals surface area (Å²) < 4.78 is 0. The number of piperidine rings is 1. The van der Waals surface area contributed by atoms with E-state index in [4.69, 9.17) is 5.73 Å². The van der Waals surface area contributed by atoms with Crippen molar-refractivity contribution in [3.63, 3.8) is 0 Å². The van der Waals surface area contributed by atoms with Crippen LogP contribution in [0.15, 0.2) is 0 Å². The topological polar surface area (TPSA) is 38.0 Å². The monoisotopic (exact) mass is 182 g/mol. The first kappa shape index (κ1) is 9.47. The van der Waals surface area contributed by atoms with Crippen molar-refractivity contribution >= 4 is 0 Å². The van der Waals surface area contributed by atoms with Crippen molar-refractivity contribution in [2.75, 3.05) is 13.1 Å². The second-order valence-electron chi connectivity index (χ2n) is 4.84. The second kappa shape index (κ2) is 3.97. The maximum absolute atomic E-state index is 6.49. The van der Waals surface area contributed by atoms with Gasteiger partial charge in [0.05, 0.1) is 0 Å². The Hall–Kier alpha value is -0.0800. The van der Waals surface area contributed by atoms with E-state index in [1.54, 1.807) is 0 Å². The quantitative estimate of drug-likeness (QED) is 0.647. The predicted octanol–water partition coefficient (Wildman–Crippen LogP) is 1.65. The van der Waals surface area contributed by atoms with E-state index in [-0.39, 0.29) is 5.54 Å². The third kappa shape index (κ3) is 2.05. The Labute approximate surface area is 81.3 Å². The van der Waals surface area contributed by atoms with Gasteiger partial charge in [-0.3, -0.25) is 0 Å². The summed E-state index contributed by atoms with van der Waals surface area (Å²) in [5, 5.41) is 3.48. The molecule has 1 aliphatic heterocycles. The Morgan fingerprint density at radius 3 is 2.46 bits per heavy atom. The van der Waals surface area contributed by atoms with Gasteiger partial charge in [-0.05, 0) is 44.7 Å². The zero-order chi connectivity index (χ0) is 9.15. The lowest BCUT2D eigenvalue weighted by Crippen LogP contribution is -2.53. The summed E-state index contributed by atoms with van der Waals surface area (Å²) in [6, 6.07) is 0. The molecule has 2 rings (SSSR count). The first-order valence-electron chi connectivity index (χ1n) is 5.81. The molecule has 0 bridgehead atoms. The Balaban J connectivity index is 1.94. The number of nitrogens with one attached hydrogen (secondary N) is 1. The van der Waals surface area contributed by atoms with Gasteiger partial charge in [-0.1, -0.05) is 19.3 Å². The van der Waals surface area contributed by atoms with Gasteiger partial charge < -0.3 is 11.1 Å². The molecule has 2 aliphatic rings. The fourth-order valence-corrected chi connectivity index (χ4v) is 2.96. The van der Waals surface area contributed by atoms with Gasteiger partial charge >= 0.3 is 0 Å². The molecular formula is C11H22N2. The second-order valence-corrected chi connectivity index (χ2v) is 4.84. The van der Waals surface area contributed by atoms with E-state index in [2.05, 4.69) is 5.32 Å². The van der Waals surface area contributed by atoms with E-state index in [0.29, 0.717) is 0 Å². The lowest BCUT2D eigenvalue weighted by atomic mass is 9.71. The third-order valence-corrected chi connectivity index (χ3v) is 3.89. The smallest absolute Gasteiger partial charge is 0.0195 e. The molecule has 0 aromatic rings. The number of hydrogen-bond acceptors (Lipinski definition) is 2. The van der Waals surface area contributed by atoms with Crippen LogP contribution >= 0.6 is 0 Å². The van der Waals surface area contributed by atoms with Crippen LogP contribution in [0.25, 0.3) is 0 Å². The van der Waals surface area contributed by atoms with Gasteiger partial charge in [-0.15, -0.1) is 0 Å². The fraction of sp³-hybridized carbons (Fsp3) is 1.00. The Morgan fingerprint density at radius 2 is 1.85 bits per heavy atom. The maximum atomic E-state index is 6.49. The minimum absolute atomic E-state index is 0.186. The molecule has 1 aliphatic carbocycles. The number of hydrogen-bond donors (Lipinski definition) is 2. The molecule has 2 nitrogen and oxygen atoms in total. The predicted molar refractivity (Wildman–Crippen MR) is 55.6 cm³/mol. The van der Waals surface area contributed by atoms with Crippen molar-refractivity contribution in [3.8, 4) is 0 Å². The molecule has 2 heteroatoms. The van der Waals surface area contributed by atoms with Gasteiger partial charge in [0.25, 0.3) is 0 Å². The Morgan fingerprint density at radius 1 is 1.08 bits per heavy atom. The molecule has 13 heavy (non-hydrogen) atoms. The van der Waals surface area contributed by atoms with Crippen molar-refractivity contribution in [1.29, 1.82) is 0 Å². The Kier molecular flexibility index (Phi) is 2.89. The summed E-state index contributed by atoms with van der Waals surface area (Å²) in [4.78, 5) is 0. The van der Waals surface area contributed by atoms with E-state index >= 15 is 0 Å². The molecule has 0 amide bonds. The number of nitrogens with two attached hydrogens (primary N) is 1. The zero-order valence-corrected chi connectivity index (χ0v) is 8.52. The van der Waals surface area contributed by atoms with Gasteiger partial charge in [0.2, 0.25) is 0 Å². The van der Waals surface area contributed by atoms with Crippen LogP contribution in [-0.2, 0) is 0 Å². The first-order chi connectivity index (χ1) is 6.31. The molecule has 1 atom stereocenters. The van der Waals surface area contributed by atoms with Crippen LogP contribution in [-0.4, -0.2) is 18.6 Å². The van der Waals surface area contributed by atoms with Crippen molar-refractivity contribution in [2.24, 2.45) is 11.7 Å². The molecule has 1 heterocycles. The Bertz CT molecular complexity index is 155. The van der Waals surface area contributed by atoms with E-state index in [1.165, 1.54) is 51.5 Å². The van der Waals surface area contributed by atoms with Gasteiger partial charge in [0, 0.05) is 5.54 Å². The highest BCUT2D eigenvalue weighted by molar-refractivity contribution is 4.95. The highest BCUT2D eigenvalue weighted by Gasteiger charge is 2.36. The average molecular weight is 182 g/mol. The standard InChI is InChI=1S/C11H22N2/c12-11(6-2-1-3-7-11)10-5-4-8-13-9-10/h10,13H,1-9,12H2. The van der Waals surface area contributed by atoms with E-state index in [0.717, 1.165) is 12.5 Å². The third-order valence-electron chi connectivity index (χ3n) is 3.89. The lowest BCUT2D eigenvalue weighted by molar-refractivity contribution is 0.165. The zero-order valence-electron chi connectivity index (χ0n) is 8.52. The van der Waals surface area contributed by atoms with Gasteiger partial charge in [-0.2, -0.15) is 0 Å². The van der Waals surface area contributed by atoms with Crippen LogP contribution in [0.5, 0.6) is 0 Å². The molecule has 2 fully saturated rings. The summed E-state index contributed by atoms with van der Waals surface area (Å²) >= 11 is 0. The van der Waals surface area contributed by atoms with E-state index < -0.39 is 0 Å². The summed E-state index contributed by atoms with van der Waals surface area (Å²) in [5.41, 5.74) is 6.68. The van der Waals surface area contributed by atoms with Crippen molar-refractivity contribution in [3.05, 3.63) is 0 Å². The SMILES string of the molecule is NC1(C2CCCNC2)CCCCC1. The van der Waals surface area contributed by atoms with Crippen LogP contribution in [0.4, 0.5) is 0 Å². The summed E-state index contributed by atoms with van der Waals surface area (Å²) in [6.07, 6.45) is 9.31. The van der Waals surface area contributed by atoms with E-state index in [9.17, 15) is 0 Å². The normalized spacial score (nSPS) is 34.4. The fourth-order valence-electron chi connectivity index (χ4n) is 2.96. The largest absolute Gasteiger partial charge is 0.325 e. The van der Waals surface area contributed by atoms with Gasteiger partial charge in [0.15, 0.2) is 0 Å². The summed E-state index contributed by atoms with van der Waals surface area (Å²) in [7, 11) is 0. The average Bonchev–Trinajstić information content (AvgIpc) is 2.20. The molecule has 0 aromatic carbocycles. The first-order valence-corrected chi connectivity index (χ1v) is 5.81. The molecule has 3 N–H and O–H groups in total. The highest BCUT2D eigenvalue weighted by Crippen LogP contribution is 2.35. The van der Waals surface area contributed by atoms with Crippen LogP contribution in [0.3, 0.4) is 0 Å². The molecule has 1 saturated heterocycles. The van der Waals surface area contributed by atoms with Crippen molar-refractivity contribution < 1.29 is 0 Å². The highest BCUT2D eigenvalue weighted by atomic mass is 14.9.